The highest BCUT2D eigenvalue weighted by molar-refractivity contribution is 5.72. The maximum absolute atomic E-state index is 13.5. The average Bonchev–Trinajstić information content (AvgIpc) is 3.15. The number of alkyl halides is 2. The summed E-state index contributed by atoms with van der Waals surface area (Å²) in [4.78, 5) is 21.6. The predicted molar refractivity (Wildman–Crippen MR) is 106 cm³/mol. The van der Waals surface area contributed by atoms with Crippen molar-refractivity contribution < 1.29 is 18.6 Å². The Morgan fingerprint density at radius 1 is 1.17 bits per heavy atom. The van der Waals surface area contributed by atoms with E-state index in [4.69, 9.17) is 20.4 Å². The minimum Gasteiger partial charge on any atom is -0.394 e. The summed E-state index contributed by atoms with van der Waals surface area (Å²) in [5.74, 6) is -1.32. The number of morpholine rings is 1. The Balaban J connectivity index is 1.58. The molecule has 1 atom stereocenters. The number of nitrogen functional groups attached to an aromatic ring is 1. The zero-order chi connectivity index (χ0) is 20.9. The molecule has 160 valence electrons. The molecule has 0 radical (unpaired) electrons. The van der Waals surface area contributed by atoms with Crippen LogP contribution in [0.25, 0.3) is 11.3 Å². The summed E-state index contributed by atoms with van der Waals surface area (Å²) in [5, 5.41) is 9.77. The first kappa shape index (κ1) is 19.3. The summed E-state index contributed by atoms with van der Waals surface area (Å²) < 4.78 is 32.5. The molecule has 0 amide bonds. The molecule has 2 aromatic rings. The molecule has 5 rings (SSSR count). The molecule has 11 heteroatoms. The van der Waals surface area contributed by atoms with Crippen LogP contribution in [0.3, 0.4) is 0 Å². The van der Waals surface area contributed by atoms with Gasteiger partial charge in [-0.15, -0.1) is 0 Å². The summed E-state index contributed by atoms with van der Waals surface area (Å²) in [7, 11) is 0. The quantitative estimate of drug-likeness (QED) is 0.745. The van der Waals surface area contributed by atoms with Crippen molar-refractivity contribution in [1.29, 1.82) is 0 Å². The van der Waals surface area contributed by atoms with E-state index in [0.29, 0.717) is 55.7 Å². The van der Waals surface area contributed by atoms with Gasteiger partial charge in [0.25, 0.3) is 5.92 Å². The molecule has 1 aliphatic carbocycles. The van der Waals surface area contributed by atoms with Gasteiger partial charge >= 0.3 is 0 Å². The van der Waals surface area contributed by atoms with Crippen molar-refractivity contribution in [2.45, 2.75) is 37.3 Å². The van der Waals surface area contributed by atoms with Gasteiger partial charge in [0.05, 0.1) is 31.6 Å². The summed E-state index contributed by atoms with van der Waals surface area (Å²) >= 11 is 0. The fraction of sp³-hybridized carbons (Fsp3) is 0.579. The molecular formula is C19H23F2N7O2. The fourth-order valence-corrected chi connectivity index (χ4v) is 4.37. The number of ether oxygens (including phenoxy) is 1. The SMILES string of the molecule is Nc1ncc(-c2nc(N3CCOCC3CO)nc3c2CCN3C2CC(F)(F)C2)cn1. The molecule has 3 aliphatic rings. The Kier molecular flexibility index (Phi) is 4.66. The lowest BCUT2D eigenvalue weighted by molar-refractivity contribution is -0.0855. The first-order valence-electron chi connectivity index (χ1n) is 10.0. The third-order valence-corrected chi connectivity index (χ3v) is 6.00. The van der Waals surface area contributed by atoms with Crippen LogP contribution in [0.2, 0.25) is 0 Å². The summed E-state index contributed by atoms with van der Waals surface area (Å²) in [6.07, 6.45) is 3.55. The van der Waals surface area contributed by atoms with Crippen molar-refractivity contribution >= 4 is 17.7 Å². The Labute approximate surface area is 171 Å². The minimum absolute atomic E-state index is 0.0979. The van der Waals surface area contributed by atoms with Crippen LogP contribution >= 0.6 is 0 Å². The lowest BCUT2D eigenvalue weighted by Crippen LogP contribution is -2.51. The second-order valence-electron chi connectivity index (χ2n) is 7.97. The molecule has 9 nitrogen and oxygen atoms in total. The number of nitrogens with zero attached hydrogens (tertiary/aromatic N) is 6. The third kappa shape index (κ3) is 3.31. The predicted octanol–water partition coefficient (Wildman–Crippen LogP) is 0.873. The number of anilines is 3. The summed E-state index contributed by atoms with van der Waals surface area (Å²) in [6.45, 7) is 1.91. The molecule has 2 aromatic heterocycles. The molecule has 2 fully saturated rings. The second-order valence-corrected chi connectivity index (χ2v) is 7.97. The van der Waals surface area contributed by atoms with Crippen molar-refractivity contribution in [3.63, 3.8) is 0 Å². The van der Waals surface area contributed by atoms with Gasteiger partial charge in [-0.3, -0.25) is 0 Å². The van der Waals surface area contributed by atoms with Gasteiger partial charge in [-0.2, -0.15) is 4.98 Å². The van der Waals surface area contributed by atoms with Crippen LogP contribution in [0.15, 0.2) is 12.4 Å². The van der Waals surface area contributed by atoms with Gasteiger partial charge in [-0.05, 0) is 6.42 Å². The van der Waals surface area contributed by atoms with E-state index < -0.39 is 5.92 Å². The highest BCUT2D eigenvalue weighted by atomic mass is 19.3. The van der Waals surface area contributed by atoms with Crippen LogP contribution in [0.1, 0.15) is 18.4 Å². The number of halogens is 2. The van der Waals surface area contributed by atoms with Crippen molar-refractivity contribution in [2.24, 2.45) is 0 Å². The van der Waals surface area contributed by atoms with Crippen LogP contribution in [-0.2, 0) is 11.2 Å². The molecule has 3 N–H and O–H groups in total. The smallest absolute Gasteiger partial charge is 0.252 e. The molecule has 1 saturated heterocycles. The molecular weight excluding hydrogens is 396 g/mol. The number of nitrogens with two attached hydrogens (primary N) is 1. The summed E-state index contributed by atoms with van der Waals surface area (Å²) in [6, 6.07) is -0.506. The first-order chi connectivity index (χ1) is 14.4. The van der Waals surface area contributed by atoms with Crippen molar-refractivity contribution in [3.8, 4) is 11.3 Å². The van der Waals surface area contributed by atoms with Crippen molar-refractivity contribution in [2.75, 3.05) is 48.4 Å². The molecule has 30 heavy (non-hydrogen) atoms. The van der Waals surface area contributed by atoms with Gasteiger partial charge in [0.15, 0.2) is 0 Å². The van der Waals surface area contributed by atoms with Gasteiger partial charge in [0.1, 0.15) is 5.82 Å². The minimum atomic E-state index is -2.61. The van der Waals surface area contributed by atoms with Crippen LogP contribution < -0.4 is 15.5 Å². The molecule has 0 aromatic carbocycles. The van der Waals surface area contributed by atoms with Crippen LogP contribution in [0.5, 0.6) is 0 Å². The highest BCUT2D eigenvalue weighted by Gasteiger charge is 2.49. The van der Waals surface area contributed by atoms with E-state index in [0.717, 1.165) is 5.56 Å². The molecule has 4 heterocycles. The molecule has 1 unspecified atom stereocenters. The van der Waals surface area contributed by atoms with Crippen molar-refractivity contribution in [1.82, 2.24) is 19.9 Å². The van der Waals surface area contributed by atoms with Crippen molar-refractivity contribution in [3.05, 3.63) is 18.0 Å². The molecule has 0 bridgehead atoms. The number of rotatable bonds is 4. The zero-order valence-electron chi connectivity index (χ0n) is 16.3. The largest absolute Gasteiger partial charge is 0.394 e. The fourth-order valence-electron chi connectivity index (χ4n) is 4.37. The number of hydrogen-bond donors (Lipinski definition) is 2. The van der Waals surface area contributed by atoms with E-state index in [9.17, 15) is 13.9 Å². The molecule has 1 saturated carbocycles. The van der Waals surface area contributed by atoms with Gasteiger partial charge in [0, 0.05) is 55.5 Å². The van der Waals surface area contributed by atoms with Gasteiger partial charge < -0.3 is 25.4 Å². The first-order valence-corrected chi connectivity index (χ1v) is 10.0. The standard InChI is InChI=1S/C19H23F2N7O2/c20-19(21)5-12(6-19)27-2-1-14-15(11-7-23-17(22)24-8-11)25-18(26-16(14)27)28-3-4-30-10-13(28)9-29/h7-8,12-13,29H,1-6,9-10H2,(H2,22,23,24). The van der Waals surface area contributed by atoms with E-state index in [1.54, 1.807) is 12.4 Å². The van der Waals surface area contributed by atoms with E-state index in [1.165, 1.54) is 0 Å². The van der Waals surface area contributed by atoms with Crippen LogP contribution in [0, 0.1) is 0 Å². The monoisotopic (exact) mass is 419 g/mol. The zero-order valence-corrected chi connectivity index (χ0v) is 16.3. The van der Waals surface area contributed by atoms with E-state index in [1.807, 2.05) is 9.80 Å². The number of aromatic nitrogens is 4. The van der Waals surface area contributed by atoms with Gasteiger partial charge in [0.2, 0.25) is 11.9 Å². The Hall–Kier alpha value is -2.66. The van der Waals surface area contributed by atoms with Crippen LogP contribution in [0.4, 0.5) is 26.5 Å². The third-order valence-electron chi connectivity index (χ3n) is 6.00. The second kappa shape index (κ2) is 7.24. The Bertz CT molecular complexity index is 935. The number of hydrogen-bond acceptors (Lipinski definition) is 9. The highest BCUT2D eigenvalue weighted by Crippen LogP contribution is 2.45. The number of fused-ring (bicyclic) bond motifs is 1. The topological polar surface area (TPSA) is 114 Å². The maximum Gasteiger partial charge on any atom is 0.252 e. The Morgan fingerprint density at radius 3 is 2.63 bits per heavy atom. The maximum atomic E-state index is 13.5. The molecule has 2 aliphatic heterocycles. The lowest BCUT2D eigenvalue weighted by atomic mass is 9.87. The average molecular weight is 419 g/mol. The van der Waals surface area contributed by atoms with Gasteiger partial charge in [-0.25, -0.2) is 23.7 Å². The van der Waals surface area contributed by atoms with Crippen LogP contribution in [-0.4, -0.2) is 76.0 Å². The number of aliphatic hydroxyl groups excluding tert-OH is 1. The molecule has 0 spiro atoms. The lowest BCUT2D eigenvalue weighted by Gasteiger charge is -2.42. The normalized spacial score (nSPS) is 23.4. The summed E-state index contributed by atoms with van der Waals surface area (Å²) in [5.41, 5.74) is 7.89. The Morgan fingerprint density at radius 2 is 1.93 bits per heavy atom. The van der Waals surface area contributed by atoms with Gasteiger partial charge in [-0.1, -0.05) is 0 Å². The number of aliphatic hydroxyl groups is 1. The van der Waals surface area contributed by atoms with E-state index in [2.05, 4.69) is 9.97 Å². The van der Waals surface area contributed by atoms with E-state index >= 15 is 0 Å². The van der Waals surface area contributed by atoms with E-state index in [-0.39, 0.29) is 37.5 Å².